The number of hydrogen-bond acceptors (Lipinski definition) is 2. The Labute approximate surface area is 114 Å². The Morgan fingerprint density at radius 1 is 1.37 bits per heavy atom. The second kappa shape index (κ2) is 5.76. The molecular formula is C16H22N2O. The van der Waals surface area contributed by atoms with Crippen molar-refractivity contribution >= 4 is 10.9 Å². The summed E-state index contributed by atoms with van der Waals surface area (Å²) in [5, 5.41) is 4.77. The van der Waals surface area contributed by atoms with E-state index in [1.54, 1.807) is 0 Å². The van der Waals surface area contributed by atoms with Crippen LogP contribution < -0.4 is 5.32 Å². The number of hydrogen-bond donors (Lipinski definition) is 1. The maximum atomic E-state index is 5.64. The molecule has 1 saturated heterocycles. The van der Waals surface area contributed by atoms with Gasteiger partial charge in [-0.15, -0.1) is 0 Å². The second-order valence-electron chi connectivity index (χ2n) is 5.23. The van der Waals surface area contributed by atoms with Crippen molar-refractivity contribution in [2.75, 3.05) is 19.8 Å². The van der Waals surface area contributed by atoms with E-state index in [-0.39, 0.29) is 0 Å². The molecule has 1 aliphatic heterocycles. The highest BCUT2D eigenvalue weighted by molar-refractivity contribution is 5.83. The number of aromatic nitrogens is 1. The number of rotatable bonds is 4. The normalized spacial score (nSPS) is 19.9. The van der Waals surface area contributed by atoms with E-state index in [9.17, 15) is 0 Å². The molecule has 0 amide bonds. The van der Waals surface area contributed by atoms with Gasteiger partial charge in [0, 0.05) is 19.3 Å². The third-order valence-corrected chi connectivity index (χ3v) is 3.92. The van der Waals surface area contributed by atoms with Crippen LogP contribution in [0.4, 0.5) is 0 Å². The number of fused-ring (bicyclic) bond motifs is 1. The second-order valence-corrected chi connectivity index (χ2v) is 5.23. The molecule has 1 atom stereocenters. The van der Waals surface area contributed by atoms with Gasteiger partial charge in [-0.05, 0) is 36.4 Å². The lowest BCUT2D eigenvalue weighted by Gasteiger charge is -2.25. The Morgan fingerprint density at radius 3 is 3.11 bits per heavy atom. The molecule has 1 aromatic heterocycles. The van der Waals surface area contributed by atoms with E-state index in [2.05, 4.69) is 47.3 Å². The van der Waals surface area contributed by atoms with Crippen LogP contribution in [0, 0.1) is 0 Å². The summed E-state index contributed by atoms with van der Waals surface area (Å²) in [4.78, 5) is 0. The first kappa shape index (κ1) is 12.7. The van der Waals surface area contributed by atoms with Crippen molar-refractivity contribution in [3.8, 4) is 0 Å². The van der Waals surface area contributed by atoms with Crippen LogP contribution in [0.5, 0.6) is 0 Å². The lowest BCUT2D eigenvalue weighted by Crippen LogP contribution is -2.21. The van der Waals surface area contributed by atoms with Crippen LogP contribution in [-0.4, -0.2) is 24.3 Å². The van der Waals surface area contributed by atoms with E-state index in [1.807, 2.05) is 0 Å². The SMILES string of the molecule is CCNCc1cccc2ccn(C3CCCOC3)c12. The van der Waals surface area contributed by atoms with Crippen molar-refractivity contribution in [3.05, 3.63) is 36.0 Å². The van der Waals surface area contributed by atoms with E-state index in [0.29, 0.717) is 6.04 Å². The zero-order chi connectivity index (χ0) is 13.1. The van der Waals surface area contributed by atoms with Gasteiger partial charge in [-0.1, -0.05) is 25.1 Å². The van der Waals surface area contributed by atoms with Gasteiger partial charge >= 0.3 is 0 Å². The van der Waals surface area contributed by atoms with Crippen LogP contribution in [-0.2, 0) is 11.3 Å². The van der Waals surface area contributed by atoms with Gasteiger partial charge < -0.3 is 14.6 Å². The van der Waals surface area contributed by atoms with Crippen molar-refractivity contribution in [2.24, 2.45) is 0 Å². The number of benzene rings is 1. The van der Waals surface area contributed by atoms with Crippen LogP contribution in [0.2, 0.25) is 0 Å². The summed E-state index contributed by atoms with van der Waals surface area (Å²) >= 11 is 0. The number of nitrogens with one attached hydrogen (secondary N) is 1. The summed E-state index contributed by atoms with van der Waals surface area (Å²) in [6, 6.07) is 9.29. The van der Waals surface area contributed by atoms with Crippen LogP contribution in [0.1, 0.15) is 31.4 Å². The molecule has 2 heterocycles. The highest BCUT2D eigenvalue weighted by Gasteiger charge is 2.18. The van der Waals surface area contributed by atoms with Crippen molar-refractivity contribution in [1.82, 2.24) is 9.88 Å². The van der Waals surface area contributed by atoms with Gasteiger partial charge in [0.15, 0.2) is 0 Å². The molecule has 3 nitrogen and oxygen atoms in total. The van der Waals surface area contributed by atoms with Crippen LogP contribution >= 0.6 is 0 Å². The monoisotopic (exact) mass is 258 g/mol. The molecule has 1 fully saturated rings. The first-order valence-corrected chi connectivity index (χ1v) is 7.27. The van der Waals surface area contributed by atoms with Gasteiger partial charge in [-0.3, -0.25) is 0 Å². The molecule has 1 aromatic carbocycles. The molecular weight excluding hydrogens is 236 g/mol. The van der Waals surface area contributed by atoms with Crippen LogP contribution in [0.15, 0.2) is 30.5 Å². The van der Waals surface area contributed by atoms with Crippen molar-refractivity contribution in [3.63, 3.8) is 0 Å². The number of nitrogens with zero attached hydrogens (tertiary/aromatic N) is 1. The van der Waals surface area contributed by atoms with E-state index >= 15 is 0 Å². The summed E-state index contributed by atoms with van der Waals surface area (Å²) < 4.78 is 8.06. The maximum absolute atomic E-state index is 5.64. The van der Waals surface area contributed by atoms with Gasteiger partial charge in [-0.2, -0.15) is 0 Å². The fraction of sp³-hybridized carbons (Fsp3) is 0.500. The molecule has 3 heteroatoms. The van der Waals surface area contributed by atoms with E-state index in [1.165, 1.54) is 29.3 Å². The highest BCUT2D eigenvalue weighted by Crippen LogP contribution is 2.28. The highest BCUT2D eigenvalue weighted by atomic mass is 16.5. The zero-order valence-corrected chi connectivity index (χ0v) is 11.6. The molecule has 1 N–H and O–H groups in total. The quantitative estimate of drug-likeness (QED) is 0.912. The molecule has 102 valence electrons. The summed E-state index contributed by atoms with van der Waals surface area (Å²) in [7, 11) is 0. The summed E-state index contributed by atoms with van der Waals surface area (Å²) in [6.07, 6.45) is 4.61. The lowest BCUT2D eigenvalue weighted by atomic mass is 10.1. The molecule has 1 unspecified atom stereocenters. The molecule has 3 rings (SSSR count). The third-order valence-electron chi connectivity index (χ3n) is 3.92. The van der Waals surface area contributed by atoms with Gasteiger partial charge in [0.2, 0.25) is 0 Å². The van der Waals surface area contributed by atoms with E-state index in [0.717, 1.165) is 26.3 Å². The lowest BCUT2D eigenvalue weighted by molar-refractivity contribution is 0.0606. The van der Waals surface area contributed by atoms with Gasteiger partial charge in [-0.25, -0.2) is 0 Å². The first-order chi connectivity index (χ1) is 9.40. The summed E-state index contributed by atoms with van der Waals surface area (Å²) in [5.74, 6) is 0. The molecule has 0 aliphatic carbocycles. The zero-order valence-electron chi connectivity index (χ0n) is 11.6. The maximum Gasteiger partial charge on any atom is 0.0673 e. The smallest absolute Gasteiger partial charge is 0.0673 e. The molecule has 1 aliphatic rings. The minimum Gasteiger partial charge on any atom is -0.379 e. The van der Waals surface area contributed by atoms with E-state index in [4.69, 9.17) is 4.74 Å². The fourth-order valence-electron chi connectivity index (χ4n) is 2.95. The Morgan fingerprint density at radius 2 is 2.32 bits per heavy atom. The van der Waals surface area contributed by atoms with E-state index < -0.39 is 0 Å². The molecule has 0 saturated carbocycles. The Balaban J connectivity index is 1.99. The fourth-order valence-corrected chi connectivity index (χ4v) is 2.95. The molecule has 0 bridgehead atoms. The summed E-state index contributed by atoms with van der Waals surface area (Å²) in [5.41, 5.74) is 2.76. The third kappa shape index (κ3) is 2.53. The van der Waals surface area contributed by atoms with Crippen LogP contribution in [0.25, 0.3) is 10.9 Å². The minimum absolute atomic E-state index is 0.494. The topological polar surface area (TPSA) is 26.2 Å². The van der Waals surface area contributed by atoms with Gasteiger partial charge in [0.05, 0.1) is 18.2 Å². The number of ether oxygens (including phenoxy) is 1. The Bertz CT molecular complexity index is 541. The average molecular weight is 258 g/mol. The summed E-state index contributed by atoms with van der Waals surface area (Å²) in [6.45, 7) is 5.85. The van der Waals surface area contributed by atoms with Gasteiger partial charge in [0.25, 0.3) is 0 Å². The first-order valence-electron chi connectivity index (χ1n) is 7.27. The number of para-hydroxylation sites is 1. The molecule has 0 spiro atoms. The molecule has 0 radical (unpaired) electrons. The predicted octanol–water partition coefficient (Wildman–Crippen LogP) is 3.10. The van der Waals surface area contributed by atoms with Crippen molar-refractivity contribution < 1.29 is 4.74 Å². The van der Waals surface area contributed by atoms with Crippen LogP contribution in [0.3, 0.4) is 0 Å². The average Bonchev–Trinajstić information content (AvgIpc) is 2.90. The minimum atomic E-state index is 0.494. The van der Waals surface area contributed by atoms with Crippen molar-refractivity contribution in [2.45, 2.75) is 32.4 Å². The van der Waals surface area contributed by atoms with Crippen molar-refractivity contribution in [1.29, 1.82) is 0 Å². The molecule has 19 heavy (non-hydrogen) atoms. The Hall–Kier alpha value is -1.32. The predicted molar refractivity (Wildman–Crippen MR) is 78.4 cm³/mol. The standard InChI is InChI=1S/C16H22N2O/c1-2-17-11-14-6-3-5-13-8-9-18(16(13)14)15-7-4-10-19-12-15/h3,5-6,8-9,15,17H,2,4,7,10-12H2,1H3. The molecule has 2 aromatic rings. The largest absolute Gasteiger partial charge is 0.379 e. The Kier molecular flexibility index (Phi) is 3.85. The van der Waals surface area contributed by atoms with Gasteiger partial charge in [0.1, 0.15) is 0 Å².